The maximum Gasteiger partial charge on any atom is 0.0135 e. The Bertz CT molecular complexity index is 204. The first kappa shape index (κ1) is 18.3. The van der Waals surface area contributed by atoms with E-state index in [0.29, 0.717) is 0 Å². The van der Waals surface area contributed by atoms with Crippen LogP contribution in [0.1, 0.15) is 19.8 Å². The standard InChI is InChI=1S/C15H32N4/c1-3-9-17-13-8-15-19-11-6-5-10-18-14-7-12-16-4-2/h3,5-6,16-19H,1,4,7-15H2,2H3. The first-order chi connectivity index (χ1) is 9.41. The topological polar surface area (TPSA) is 48.1 Å². The molecule has 0 atom stereocenters. The van der Waals surface area contributed by atoms with Gasteiger partial charge in [-0.3, -0.25) is 0 Å². The van der Waals surface area contributed by atoms with Gasteiger partial charge in [-0.1, -0.05) is 25.2 Å². The lowest BCUT2D eigenvalue weighted by Crippen LogP contribution is -2.23. The van der Waals surface area contributed by atoms with Gasteiger partial charge in [0.15, 0.2) is 0 Å². The molecular weight excluding hydrogens is 236 g/mol. The van der Waals surface area contributed by atoms with Gasteiger partial charge in [-0.15, -0.1) is 6.58 Å². The third-order valence-corrected chi connectivity index (χ3v) is 2.64. The molecule has 19 heavy (non-hydrogen) atoms. The second kappa shape index (κ2) is 17.3. The van der Waals surface area contributed by atoms with Crippen molar-refractivity contribution in [2.24, 2.45) is 0 Å². The number of hydrogen-bond acceptors (Lipinski definition) is 4. The summed E-state index contributed by atoms with van der Waals surface area (Å²) in [6.07, 6.45) is 8.62. The van der Waals surface area contributed by atoms with E-state index in [0.717, 1.165) is 58.8 Å². The van der Waals surface area contributed by atoms with Gasteiger partial charge in [-0.05, 0) is 45.6 Å². The van der Waals surface area contributed by atoms with E-state index in [-0.39, 0.29) is 0 Å². The van der Waals surface area contributed by atoms with Crippen LogP contribution < -0.4 is 21.3 Å². The second-order valence-corrected chi connectivity index (χ2v) is 4.43. The molecule has 0 aromatic heterocycles. The molecule has 0 aromatic carbocycles. The van der Waals surface area contributed by atoms with E-state index in [4.69, 9.17) is 0 Å². The van der Waals surface area contributed by atoms with Crippen molar-refractivity contribution in [3.05, 3.63) is 24.8 Å². The van der Waals surface area contributed by atoms with Crippen molar-refractivity contribution in [1.82, 2.24) is 21.3 Å². The maximum atomic E-state index is 3.67. The Morgan fingerprint density at radius 1 is 0.737 bits per heavy atom. The molecule has 0 bridgehead atoms. The zero-order valence-corrected chi connectivity index (χ0v) is 12.5. The third-order valence-electron chi connectivity index (χ3n) is 2.64. The van der Waals surface area contributed by atoms with E-state index in [9.17, 15) is 0 Å². The van der Waals surface area contributed by atoms with Crippen molar-refractivity contribution >= 4 is 0 Å². The normalized spacial score (nSPS) is 11.2. The van der Waals surface area contributed by atoms with Crippen LogP contribution in [0.4, 0.5) is 0 Å². The van der Waals surface area contributed by atoms with Crippen LogP contribution in [0.3, 0.4) is 0 Å². The van der Waals surface area contributed by atoms with Crippen LogP contribution >= 0.6 is 0 Å². The molecule has 4 nitrogen and oxygen atoms in total. The SMILES string of the molecule is C=CCNCCCNCC=CCNCCCNCC. The first-order valence-corrected chi connectivity index (χ1v) is 7.50. The highest BCUT2D eigenvalue weighted by atomic mass is 14.9. The fraction of sp³-hybridized carbons (Fsp3) is 0.733. The van der Waals surface area contributed by atoms with Gasteiger partial charge in [0.2, 0.25) is 0 Å². The van der Waals surface area contributed by atoms with Crippen LogP contribution in [0.5, 0.6) is 0 Å². The average molecular weight is 268 g/mol. The summed E-state index contributed by atoms with van der Waals surface area (Å²) in [6.45, 7) is 14.0. The molecular formula is C15H32N4. The van der Waals surface area contributed by atoms with Crippen LogP contribution in [0.25, 0.3) is 0 Å². The largest absolute Gasteiger partial charge is 0.317 e. The molecule has 0 aliphatic carbocycles. The van der Waals surface area contributed by atoms with E-state index in [2.05, 4.69) is 46.9 Å². The molecule has 0 spiro atoms. The molecule has 0 fully saturated rings. The molecule has 0 heterocycles. The third kappa shape index (κ3) is 17.3. The van der Waals surface area contributed by atoms with E-state index in [1.807, 2.05) is 6.08 Å². The van der Waals surface area contributed by atoms with Gasteiger partial charge in [-0.25, -0.2) is 0 Å². The van der Waals surface area contributed by atoms with Crippen molar-refractivity contribution in [3.63, 3.8) is 0 Å². The monoisotopic (exact) mass is 268 g/mol. The number of nitrogens with one attached hydrogen (secondary N) is 4. The van der Waals surface area contributed by atoms with E-state index in [1.165, 1.54) is 6.42 Å². The second-order valence-electron chi connectivity index (χ2n) is 4.43. The highest BCUT2D eigenvalue weighted by Crippen LogP contribution is 1.76. The minimum absolute atomic E-state index is 0.902. The molecule has 0 aromatic rings. The summed E-state index contributed by atoms with van der Waals surface area (Å²) >= 11 is 0. The van der Waals surface area contributed by atoms with Crippen molar-refractivity contribution in [1.29, 1.82) is 0 Å². The predicted molar refractivity (Wildman–Crippen MR) is 85.7 cm³/mol. The molecule has 0 unspecified atom stereocenters. The highest BCUT2D eigenvalue weighted by Gasteiger charge is 1.86. The first-order valence-electron chi connectivity index (χ1n) is 7.50. The summed E-state index contributed by atoms with van der Waals surface area (Å²) in [6, 6.07) is 0. The fourth-order valence-electron chi connectivity index (χ4n) is 1.60. The van der Waals surface area contributed by atoms with Crippen molar-refractivity contribution < 1.29 is 0 Å². The Kier molecular flexibility index (Phi) is 16.7. The van der Waals surface area contributed by atoms with Gasteiger partial charge < -0.3 is 21.3 Å². The van der Waals surface area contributed by atoms with Crippen molar-refractivity contribution in [2.75, 3.05) is 52.4 Å². The summed E-state index contributed by atoms with van der Waals surface area (Å²) in [5.41, 5.74) is 0. The quantitative estimate of drug-likeness (QED) is 0.263. The Labute approximate surface area is 119 Å². The summed E-state index contributed by atoms with van der Waals surface area (Å²) in [4.78, 5) is 0. The molecule has 0 saturated carbocycles. The number of hydrogen-bond donors (Lipinski definition) is 4. The lowest BCUT2D eigenvalue weighted by molar-refractivity contribution is 0.627. The molecule has 0 amide bonds. The van der Waals surface area contributed by atoms with Gasteiger partial charge in [-0.2, -0.15) is 0 Å². The molecule has 0 saturated heterocycles. The van der Waals surface area contributed by atoms with Gasteiger partial charge in [0.1, 0.15) is 0 Å². The van der Waals surface area contributed by atoms with Crippen molar-refractivity contribution in [2.45, 2.75) is 19.8 Å². The van der Waals surface area contributed by atoms with E-state index >= 15 is 0 Å². The summed E-state index contributed by atoms with van der Waals surface area (Å²) in [5, 5.41) is 13.4. The van der Waals surface area contributed by atoms with Crippen LogP contribution in [0.2, 0.25) is 0 Å². The number of rotatable bonds is 15. The van der Waals surface area contributed by atoms with Crippen LogP contribution in [-0.4, -0.2) is 52.4 Å². The Morgan fingerprint density at radius 2 is 1.21 bits per heavy atom. The van der Waals surface area contributed by atoms with Gasteiger partial charge in [0.25, 0.3) is 0 Å². The van der Waals surface area contributed by atoms with Crippen LogP contribution in [-0.2, 0) is 0 Å². The molecule has 0 radical (unpaired) electrons. The minimum Gasteiger partial charge on any atom is -0.317 e. The van der Waals surface area contributed by atoms with E-state index in [1.54, 1.807) is 0 Å². The molecule has 0 aliphatic rings. The molecule has 0 aliphatic heterocycles. The smallest absolute Gasteiger partial charge is 0.0135 e. The minimum atomic E-state index is 0.902. The molecule has 4 heteroatoms. The molecule has 4 N–H and O–H groups in total. The Hall–Kier alpha value is -0.680. The lowest BCUT2D eigenvalue weighted by atomic mass is 10.4. The van der Waals surface area contributed by atoms with Crippen molar-refractivity contribution in [3.8, 4) is 0 Å². The van der Waals surface area contributed by atoms with Gasteiger partial charge in [0.05, 0.1) is 0 Å². The van der Waals surface area contributed by atoms with Gasteiger partial charge >= 0.3 is 0 Å². The summed E-state index contributed by atoms with van der Waals surface area (Å²) < 4.78 is 0. The van der Waals surface area contributed by atoms with E-state index < -0.39 is 0 Å². The highest BCUT2D eigenvalue weighted by molar-refractivity contribution is 4.85. The van der Waals surface area contributed by atoms with Crippen LogP contribution in [0, 0.1) is 0 Å². The zero-order chi connectivity index (χ0) is 14.0. The molecule has 0 rings (SSSR count). The molecule has 112 valence electrons. The fourth-order valence-corrected chi connectivity index (χ4v) is 1.60. The lowest BCUT2D eigenvalue weighted by Gasteiger charge is -2.03. The Morgan fingerprint density at radius 3 is 1.68 bits per heavy atom. The summed E-state index contributed by atoms with van der Waals surface area (Å²) in [7, 11) is 0. The predicted octanol–water partition coefficient (Wildman–Crippen LogP) is 0.887. The maximum absolute atomic E-state index is 3.67. The summed E-state index contributed by atoms with van der Waals surface area (Å²) in [5.74, 6) is 0. The van der Waals surface area contributed by atoms with Crippen LogP contribution in [0.15, 0.2) is 24.8 Å². The average Bonchev–Trinajstić information content (AvgIpc) is 2.43. The van der Waals surface area contributed by atoms with Gasteiger partial charge in [0, 0.05) is 19.6 Å². The zero-order valence-electron chi connectivity index (χ0n) is 12.5. The Balaban J connectivity index is 3.03.